The highest BCUT2D eigenvalue weighted by Crippen LogP contribution is 2.29. The molecule has 0 saturated carbocycles. The van der Waals surface area contributed by atoms with Crippen LogP contribution in [0.25, 0.3) is 0 Å². The van der Waals surface area contributed by atoms with Crippen molar-refractivity contribution in [3.05, 3.63) is 29.3 Å². The summed E-state index contributed by atoms with van der Waals surface area (Å²) in [6.07, 6.45) is 0. The smallest absolute Gasteiger partial charge is 0.129 e. The van der Waals surface area contributed by atoms with Crippen LogP contribution in [0.15, 0.2) is 34.2 Å². The third-order valence-electron chi connectivity index (χ3n) is 1.58. The Labute approximate surface area is 91.0 Å². The summed E-state index contributed by atoms with van der Waals surface area (Å²) in [5.41, 5.74) is 0. The largest absolute Gasteiger partial charge is 0.271 e. The fourth-order valence-electron chi connectivity index (χ4n) is 0.981. The molecule has 0 saturated heterocycles. The summed E-state index contributed by atoms with van der Waals surface area (Å²) in [6, 6.07) is 7.86. The Morgan fingerprint density at radius 3 is 2.69 bits per heavy atom. The van der Waals surface area contributed by atoms with Crippen LogP contribution in [0.1, 0.15) is 0 Å². The average Bonchev–Trinajstić information content (AvgIpc) is 2.62. The quantitative estimate of drug-likeness (QED) is 0.731. The van der Waals surface area contributed by atoms with Gasteiger partial charge in [0, 0.05) is 15.7 Å². The van der Waals surface area contributed by atoms with Crippen molar-refractivity contribution in [3.8, 4) is 0 Å². The van der Waals surface area contributed by atoms with Crippen LogP contribution in [0.4, 0.5) is 0 Å². The second kappa shape index (κ2) is 4.40. The molecule has 4 heteroatoms. The predicted molar refractivity (Wildman–Crippen MR) is 62.1 cm³/mol. The van der Waals surface area contributed by atoms with E-state index in [1.165, 1.54) is 9.27 Å². The van der Waals surface area contributed by atoms with Gasteiger partial charge in [0.25, 0.3) is 0 Å². The van der Waals surface area contributed by atoms with E-state index in [0.29, 0.717) is 0 Å². The fourth-order valence-corrected chi connectivity index (χ4v) is 3.05. The van der Waals surface area contributed by atoms with Crippen LogP contribution in [0, 0.1) is 0 Å². The number of nitrogens with zero attached hydrogens (tertiary/aromatic N) is 1. The van der Waals surface area contributed by atoms with E-state index in [0.717, 1.165) is 17.3 Å². The van der Waals surface area contributed by atoms with Gasteiger partial charge in [-0.3, -0.25) is 4.99 Å². The van der Waals surface area contributed by atoms with Gasteiger partial charge in [-0.05, 0) is 24.3 Å². The average molecular weight is 230 g/mol. The summed E-state index contributed by atoms with van der Waals surface area (Å²) in [4.78, 5) is 5.57. The molecule has 1 heterocycles. The molecule has 68 valence electrons. The third-order valence-corrected chi connectivity index (χ3v) is 4.01. The summed E-state index contributed by atoms with van der Waals surface area (Å²) >= 11 is 9.32. The number of benzene rings is 1. The maximum Gasteiger partial charge on any atom is 0.129 e. The van der Waals surface area contributed by atoms with Gasteiger partial charge in [-0.1, -0.05) is 35.1 Å². The molecule has 13 heavy (non-hydrogen) atoms. The number of hydrogen-bond donors (Lipinski definition) is 0. The predicted octanol–water partition coefficient (Wildman–Crippen LogP) is 3.53. The number of hydrogen-bond acceptors (Lipinski definition) is 3. The summed E-state index contributed by atoms with van der Waals surface area (Å²) in [6.45, 7) is 0.959. The SMILES string of the molecule is Clc1ccc(SC2=NCCS2)cc1. The molecular weight excluding hydrogens is 222 g/mol. The van der Waals surface area contributed by atoms with Crippen LogP contribution in [-0.4, -0.2) is 16.7 Å². The molecule has 0 radical (unpaired) electrons. The number of halogens is 1. The number of rotatable bonds is 1. The molecule has 0 amide bonds. The summed E-state index contributed by atoms with van der Waals surface area (Å²) in [5, 5.41) is 0.783. The van der Waals surface area contributed by atoms with Gasteiger partial charge in [0.05, 0.1) is 6.54 Å². The van der Waals surface area contributed by atoms with Crippen LogP contribution in [0.3, 0.4) is 0 Å². The Hall–Kier alpha value is -0.120. The number of aliphatic imine (C=N–C) groups is 1. The molecule has 0 unspecified atom stereocenters. The van der Waals surface area contributed by atoms with Crippen LogP contribution in [-0.2, 0) is 0 Å². The second-order valence-corrected chi connectivity index (χ2v) is 5.39. The van der Waals surface area contributed by atoms with Crippen LogP contribution in [0.5, 0.6) is 0 Å². The monoisotopic (exact) mass is 229 g/mol. The minimum Gasteiger partial charge on any atom is -0.271 e. The first kappa shape index (κ1) is 9.44. The van der Waals surface area contributed by atoms with Crippen molar-refractivity contribution in [1.82, 2.24) is 0 Å². The van der Waals surface area contributed by atoms with Crippen LogP contribution < -0.4 is 0 Å². The molecule has 1 aliphatic rings. The topological polar surface area (TPSA) is 12.4 Å². The van der Waals surface area contributed by atoms with Gasteiger partial charge in [0.15, 0.2) is 0 Å². The van der Waals surface area contributed by atoms with Crippen molar-refractivity contribution in [2.45, 2.75) is 4.90 Å². The molecule has 0 aliphatic carbocycles. The molecule has 0 atom stereocenters. The van der Waals surface area contributed by atoms with Crippen molar-refractivity contribution >= 4 is 39.5 Å². The molecule has 2 rings (SSSR count). The second-order valence-electron chi connectivity index (χ2n) is 2.55. The molecule has 1 aliphatic heterocycles. The molecule has 0 aromatic heterocycles. The molecule has 0 spiro atoms. The van der Waals surface area contributed by atoms with Gasteiger partial charge in [-0.15, -0.1) is 0 Å². The Bertz CT molecular complexity index is 321. The van der Waals surface area contributed by atoms with E-state index in [1.54, 1.807) is 11.8 Å². The first-order valence-electron chi connectivity index (χ1n) is 3.95. The molecule has 1 aromatic carbocycles. The molecule has 0 bridgehead atoms. The van der Waals surface area contributed by atoms with Crippen molar-refractivity contribution < 1.29 is 0 Å². The van der Waals surface area contributed by atoms with Gasteiger partial charge in [-0.25, -0.2) is 0 Å². The van der Waals surface area contributed by atoms with Crippen molar-refractivity contribution in [2.75, 3.05) is 12.3 Å². The van der Waals surface area contributed by atoms with E-state index >= 15 is 0 Å². The maximum atomic E-state index is 5.78. The zero-order valence-electron chi connectivity index (χ0n) is 6.87. The zero-order valence-corrected chi connectivity index (χ0v) is 9.25. The Kier molecular flexibility index (Phi) is 3.19. The molecule has 0 N–H and O–H groups in total. The lowest BCUT2D eigenvalue weighted by Crippen LogP contribution is -1.79. The Morgan fingerprint density at radius 2 is 2.08 bits per heavy atom. The molecule has 1 aromatic rings. The normalized spacial score (nSPS) is 15.9. The molecule has 0 fully saturated rings. The lowest BCUT2D eigenvalue weighted by atomic mass is 10.4. The highest BCUT2D eigenvalue weighted by molar-refractivity contribution is 8.39. The minimum absolute atomic E-state index is 0.783. The van der Waals surface area contributed by atoms with Gasteiger partial charge < -0.3 is 0 Å². The van der Waals surface area contributed by atoms with Crippen LogP contribution in [0.2, 0.25) is 5.02 Å². The third kappa shape index (κ3) is 2.66. The highest BCUT2D eigenvalue weighted by atomic mass is 35.5. The standard InChI is InChI=1S/C9H8ClNS2/c10-7-1-3-8(4-2-7)13-9-11-5-6-12-9/h1-4H,5-6H2. The molecular formula is C9H8ClNS2. The zero-order chi connectivity index (χ0) is 9.10. The summed E-state index contributed by atoms with van der Waals surface area (Å²) in [5.74, 6) is 1.12. The summed E-state index contributed by atoms with van der Waals surface area (Å²) < 4.78 is 1.17. The van der Waals surface area contributed by atoms with Gasteiger partial charge >= 0.3 is 0 Å². The van der Waals surface area contributed by atoms with Gasteiger partial charge in [0.1, 0.15) is 4.38 Å². The molecule has 1 nitrogen and oxygen atoms in total. The Morgan fingerprint density at radius 1 is 1.31 bits per heavy atom. The van der Waals surface area contributed by atoms with E-state index in [9.17, 15) is 0 Å². The van der Waals surface area contributed by atoms with Crippen molar-refractivity contribution in [2.24, 2.45) is 4.99 Å². The van der Waals surface area contributed by atoms with Gasteiger partial charge in [-0.2, -0.15) is 0 Å². The first-order chi connectivity index (χ1) is 6.34. The van der Waals surface area contributed by atoms with Crippen molar-refractivity contribution in [1.29, 1.82) is 0 Å². The first-order valence-corrected chi connectivity index (χ1v) is 6.13. The fraction of sp³-hybridized carbons (Fsp3) is 0.222. The maximum absolute atomic E-state index is 5.78. The number of thioether (sulfide) groups is 2. The van der Waals surface area contributed by atoms with E-state index in [-0.39, 0.29) is 0 Å². The lowest BCUT2D eigenvalue weighted by Gasteiger charge is -1.99. The minimum atomic E-state index is 0.783. The van der Waals surface area contributed by atoms with E-state index in [2.05, 4.69) is 4.99 Å². The van der Waals surface area contributed by atoms with Gasteiger partial charge in [0.2, 0.25) is 0 Å². The van der Waals surface area contributed by atoms with E-state index < -0.39 is 0 Å². The highest BCUT2D eigenvalue weighted by Gasteiger charge is 2.08. The van der Waals surface area contributed by atoms with E-state index in [4.69, 9.17) is 11.6 Å². The lowest BCUT2D eigenvalue weighted by molar-refractivity contribution is 1.18. The Balaban J connectivity index is 2.05. The van der Waals surface area contributed by atoms with Crippen molar-refractivity contribution in [3.63, 3.8) is 0 Å². The van der Waals surface area contributed by atoms with E-state index in [1.807, 2.05) is 36.0 Å². The summed E-state index contributed by atoms with van der Waals surface area (Å²) in [7, 11) is 0. The van der Waals surface area contributed by atoms with Crippen LogP contribution >= 0.6 is 35.1 Å².